The Kier molecular flexibility index (Phi) is 4.04. The summed E-state index contributed by atoms with van der Waals surface area (Å²) in [5.41, 5.74) is 2.11. The number of carbonyl (C=O) groups is 1. The second kappa shape index (κ2) is 6.13. The molecule has 0 aromatic carbocycles. The molecule has 1 aliphatic rings. The van der Waals surface area contributed by atoms with Gasteiger partial charge in [0.05, 0.1) is 11.9 Å². The van der Waals surface area contributed by atoms with Crippen LogP contribution in [0.5, 0.6) is 0 Å². The van der Waals surface area contributed by atoms with Gasteiger partial charge in [0.1, 0.15) is 12.1 Å². The second-order valence-electron chi connectivity index (χ2n) is 5.62. The summed E-state index contributed by atoms with van der Waals surface area (Å²) in [5, 5.41) is 6.94. The highest BCUT2D eigenvalue weighted by Gasteiger charge is 2.24. The van der Waals surface area contributed by atoms with Crippen molar-refractivity contribution in [1.82, 2.24) is 20.0 Å². The number of nitrogens with one attached hydrogen (secondary N) is 1. The predicted octanol–water partition coefficient (Wildman–Crippen LogP) is 1.53. The smallest absolute Gasteiger partial charge is 0.292 e. The largest absolute Gasteiger partial charge is 0.368 e. The van der Waals surface area contributed by atoms with Gasteiger partial charge >= 0.3 is 0 Å². The molecule has 116 valence electrons. The van der Waals surface area contributed by atoms with Crippen LogP contribution in [0.3, 0.4) is 0 Å². The lowest BCUT2D eigenvalue weighted by molar-refractivity contribution is 0.0721. The molecule has 22 heavy (non-hydrogen) atoms. The van der Waals surface area contributed by atoms with Crippen LogP contribution >= 0.6 is 0 Å². The fourth-order valence-electron chi connectivity index (χ4n) is 2.61. The van der Waals surface area contributed by atoms with Gasteiger partial charge in [-0.2, -0.15) is 0 Å². The quantitative estimate of drug-likeness (QED) is 0.925. The second-order valence-corrected chi connectivity index (χ2v) is 5.62. The van der Waals surface area contributed by atoms with E-state index in [4.69, 9.17) is 4.52 Å². The molecule has 7 nitrogen and oxygen atoms in total. The Morgan fingerprint density at radius 1 is 1.32 bits per heavy atom. The number of amides is 1. The molecule has 0 atom stereocenters. The zero-order chi connectivity index (χ0) is 15.5. The standard InChI is InChI=1S/C15H19N5O2/c1-10(2)19-14-11-4-7-20(8-5-12(11)16-9-17-14)15(21)13-3-6-18-22-13/h3,6,9-10H,4-5,7-8H2,1-2H3,(H,16,17,19). The van der Waals surface area contributed by atoms with Gasteiger partial charge in [-0.25, -0.2) is 9.97 Å². The number of anilines is 1. The van der Waals surface area contributed by atoms with Gasteiger partial charge in [0.2, 0.25) is 5.76 Å². The van der Waals surface area contributed by atoms with E-state index in [1.807, 2.05) is 0 Å². The summed E-state index contributed by atoms with van der Waals surface area (Å²) < 4.78 is 4.96. The van der Waals surface area contributed by atoms with E-state index >= 15 is 0 Å². The lowest BCUT2D eigenvalue weighted by Crippen LogP contribution is -2.33. The molecule has 2 aromatic heterocycles. The molecule has 0 aliphatic carbocycles. The Morgan fingerprint density at radius 3 is 2.86 bits per heavy atom. The first-order valence-corrected chi connectivity index (χ1v) is 7.44. The molecule has 3 rings (SSSR count). The van der Waals surface area contributed by atoms with E-state index in [-0.39, 0.29) is 11.7 Å². The molecular formula is C15H19N5O2. The number of carbonyl (C=O) groups excluding carboxylic acids is 1. The van der Waals surface area contributed by atoms with Crippen molar-refractivity contribution in [1.29, 1.82) is 0 Å². The van der Waals surface area contributed by atoms with Crippen LogP contribution in [0.2, 0.25) is 0 Å². The zero-order valence-corrected chi connectivity index (χ0v) is 12.7. The minimum atomic E-state index is -0.128. The van der Waals surface area contributed by atoms with Crippen molar-refractivity contribution in [3.63, 3.8) is 0 Å². The van der Waals surface area contributed by atoms with Crippen LogP contribution in [0.15, 0.2) is 23.1 Å². The van der Waals surface area contributed by atoms with Crippen LogP contribution in [0.4, 0.5) is 5.82 Å². The number of nitrogens with zero attached hydrogens (tertiary/aromatic N) is 4. The van der Waals surface area contributed by atoms with Crippen LogP contribution in [0.1, 0.15) is 35.7 Å². The molecule has 3 heterocycles. The van der Waals surface area contributed by atoms with Crippen LogP contribution in [-0.4, -0.2) is 45.1 Å². The highest BCUT2D eigenvalue weighted by molar-refractivity contribution is 5.91. The molecule has 0 unspecified atom stereocenters. The van der Waals surface area contributed by atoms with Gasteiger partial charge in [-0.05, 0) is 20.3 Å². The third-order valence-electron chi connectivity index (χ3n) is 3.65. The van der Waals surface area contributed by atoms with Crippen LogP contribution in [0.25, 0.3) is 0 Å². The van der Waals surface area contributed by atoms with Gasteiger partial charge in [-0.15, -0.1) is 0 Å². The van der Waals surface area contributed by atoms with Crippen molar-refractivity contribution in [3.8, 4) is 0 Å². The Morgan fingerprint density at radius 2 is 2.14 bits per heavy atom. The molecule has 0 radical (unpaired) electrons. The minimum Gasteiger partial charge on any atom is -0.368 e. The lowest BCUT2D eigenvalue weighted by atomic mass is 10.1. The summed E-state index contributed by atoms with van der Waals surface area (Å²) >= 11 is 0. The number of rotatable bonds is 3. The highest BCUT2D eigenvalue weighted by Crippen LogP contribution is 2.21. The fourth-order valence-corrected chi connectivity index (χ4v) is 2.61. The summed E-state index contributed by atoms with van der Waals surface area (Å²) in [6.07, 6.45) is 4.50. The van der Waals surface area contributed by atoms with E-state index in [0.29, 0.717) is 25.6 Å². The van der Waals surface area contributed by atoms with Crippen molar-refractivity contribution in [2.75, 3.05) is 18.4 Å². The van der Waals surface area contributed by atoms with Crippen molar-refractivity contribution in [2.45, 2.75) is 32.7 Å². The van der Waals surface area contributed by atoms with Crippen LogP contribution < -0.4 is 5.32 Å². The van der Waals surface area contributed by atoms with Gasteiger partial charge in [0, 0.05) is 37.2 Å². The Balaban J connectivity index is 1.79. The van der Waals surface area contributed by atoms with Crippen molar-refractivity contribution >= 4 is 11.7 Å². The summed E-state index contributed by atoms with van der Waals surface area (Å²) in [6, 6.07) is 1.89. The molecular weight excluding hydrogens is 282 g/mol. The maximum absolute atomic E-state index is 12.4. The number of fused-ring (bicyclic) bond motifs is 1. The first kappa shape index (κ1) is 14.5. The van der Waals surface area contributed by atoms with E-state index < -0.39 is 0 Å². The van der Waals surface area contributed by atoms with E-state index in [9.17, 15) is 4.79 Å². The summed E-state index contributed by atoms with van der Waals surface area (Å²) in [5.74, 6) is 1.02. The summed E-state index contributed by atoms with van der Waals surface area (Å²) in [4.78, 5) is 22.9. The first-order valence-electron chi connectivity index (χ1n) is 7.44. The highest BCUT2D eigenvalue weighted by atomic mass is 16.5. The average molecular weight is 301 g/mol. The SMILES string of the molecule is CC(C)Nc1ncnc2c1CCN(C(=O)c1ccno1)CC2. The third-order valence-corrected chi connectivity index (χ3v) is 3.65. The van der Waals surface area contributed by atoms with Crippen molar-refractivity contribution in [3.05, 3.63) is 35.6 Å². The molecule has 1 aliphatic heterocycles. The summed E-state index contributed by atoms with van der Waals surface area (Å²) in [7, 11) is 0. The maximum atomic E-state index is 12.4. The number of hydrogen-bond acceptors (Lipinski definition) is 6. The topological polar surface area (TPSA) is 84.2 Å². The lowest BCUT2D eigenvalue weighted by Gasteiger charge is -2.18. The van der Waals surface area contributed by atoms with Crippen LogP contribution in [-0.2, 0) is 12.8 Å². The Bertz CT molecular complexity index is 654. The van der Waals surface area contributed by atoms with Gasteiger partial charge in [-0.1, -0.05) is 5.16 Å². The number of hydrogen-bond donors (Lipinski definition) is 1. The fraction of sp³-hybridized carbons (Fsp3) is 0.467. The average Bonchev–Trinajstić information content (AvgIpc) is 2.93. The Hall–Kier alpha value is -2.44. The molecule has 2 aromatic rings. The van der Waals surface area contributed by atoms with E-state index in [1.165, 1.54) is 6.20 Å². The van der Waals surface area contributed by atoms with Gasteiger partial charge < -0.3 is 14.7 Å². The molecule has 1 N–H and O–H groups in total. The van der Waals surface area contributed by atoms with Crippen molar-refractivity contribution in [2.24, 2.45) is 0 Å². The van der Waals surface area contributed by atoms with Crippen molar-refractivity contribution < 1.29 is 9.32 Å². The maximum Gasteiger partial charge on any atom is 0.292 e. The third kappa shape index (κ3) is 2.93. The minimum absolute atomic E-state index is 0.128. The normalized spacial score (nSPS) is 14.6. The predicted molar refractivity (Wildman–Crippen MR) is 80.6 cm³/mol. The zero-order valence-electron chi connectivity index (χ0n) is 12.7. The monoisotopic (exact) mass is 301 g/mol. The number of aromatic nitrogens is 3. The van der Waals surface area contributed by atoms with Gasteiger partial charge in [-0.3, -0.25) is 4.79 Å². The first-order chi connectivity index (χ1) is 10.6. The molecule has 0 spiro atoms. The van der Waals surface area contributed by atoms with E-state index in [2.05, 4.69) is 34.3 Å². The summed E-state index contributed by atoms with van der Waals surface area (Å²) in [6.45, 7) is 5.38. The molecule has 0 saturated heterocycles. The molecule has 1 amide bonds. The molecule has 0 saturated carbocycles. The van der Waals surface area contributed by atoms with E-state index in [1.54, 1.807) is 17.3 Å². The Labute approximate surface area is 128 Å². The van der Waals surface area contributed by atoms with Gasteiger partial charge in [0.15, 0.2) is 0 Å². The molecule has 0 bridgehead atoms. The van der Waals surface area contributed by atoms with Crippen LogP contribution in [0, 0.1) is 0 Å². The van der Waals surface area contributed by atoms with Gasteiger partial charge in [0.25, 0.3) is 5.91 Å². The van der Waals surface area contributed by atoms with E-state index in [0.717, 1.165) is 23.5 Å². The molecule has 7 heteroatoms. The molecule has 0 fully saturated rings.